The number of hydrogen-bond donors (Lipinski definition) is 2. The quantitative estimate of drug-likeness (QED) is 0.696. The Balaban J connectivity index is 0.00000131. The number of imidazole rings is 1. The highest BCUT2D eigenvalue weighted by Gasteiger charge is 2.35. The van der Waals surface area contributed by atoms with Gasteiger partial charge in [0.15, 0.2) is 0 Å². The van der Waals surface area contributed by atoms with E-state index in [1.165, 1.54) is 0 Å². The van der Waals surface area contributed by atoms with Gasteiger partial charge >= 0.3 is 0 Å². The van der Waals surface area contributed by atoms with Crippen LogP contribution in [0.4, 0.5) is 5.69 Å². The zero-order valence-corrected chi connectivity index (χ0v) is 16.3. The summed E-state index contributed by atoms with van der Waals surface area (Å²) in [4.78, 5) is 16.9. The second-order valence-electron chi connectivity index (χ2n) is 6.37. The third-order valence-electron chi connectivity index (χ3n) is 4.69. The van der Waals surface area contributed by atoms with Gasteiger partial charge in [0.05, 0.1) is 11.0 Å². The van der Waals surface area contributed by atoms with E-state index in [9.17, 15) is 4.79 Å². The highest BCUT2D eigenvalue weighted by molar-refractivity contribution is 5.98. The predicted octanol–water partition coefficient (Wildman–Crippen LogP) is 3.32. The van der Waals surface area contributed by atoms with E-state index in [1.54, 1.807) is 6.33 Å². The van der Waals surface area contributed by atoms with Crippen LogP contribution in [0.5, 0.6) is 0 Å². The number of para-hydroxylation sites is 2. The van der Waals surface area contributed by atoms with Gasteiger partial charge in [0.1, 0.15) is 11.9 Å². The van der Waals surface area contributed by atoms with Crippen LogP contribution in [-0.2, 0) is 9.53 Å². The topological polar surface area (TPSA) is 82.2 Å². The number of hydrogen-bond acceptors (Lipinski definition) is 4. The van der Waals surface area contributed by atoms with Crippen LogP contribution in [0.3, 0.4) is 0 Å². The number of benzene rings is 2. The largest absolute Gasteiger partial charge is 0.381 e. The molecule has 0 spiro atoms. The zero-order chi connectivity index (χ0) is 17.3. The number of amides is 1. The van der Waals surface area contributed by atoms with Crippen molar-refractivity contribution in [2.45, 2.75) is 18.4 Å². The average molecular weight is 409 g/mol. The Morgan fingerprint density at radius 1 is 1.07 bits per heavy atom. The molecule has 144 valence electrons. The zero-order valence-electron chi connectivity index (χ0n) is 14.6. The molecule has 0 aliphatic carbocycles. The summed E-state index contributed by atoms with van der Waals surface area (Å²) < 4.78 is 7.31. The van der Waals surface area contributed by atoms with Gasteiger partial charge < -0.3 is 15.8 Å². The third kappa shape index (κ3) is 4.25. The summed E-state index contributed by atoms with van der Waals surface area (Å²) in [6.07, 6.45) is 2.88. The van der Waals surface area contributed by atoms with Gasteiger partial charge in [0.25, 0.3) is 0 Å². The number of ether oxygens (including phenoxy) is 1. The maximum absolute atomic E-state index is 12.5. The molecular formula is C19H22Cl2N4O2. The van der Waals surface area contributed by atoms with Gasteiger partial charge in [-0.3, -0.25) is 9.36 Å². The van der Waals surface area contributed by atoms with Gasteiger partial charge in [0, 0.05) is 24.6 Å². The molecule has 2 aromatic carbocycles. The van der Waals surface area contributed by atoms with Crippen molar-refractivity contribution < 1.29 is 9.53 Å². The minimum absolute atomic E-state index is 0. The van der Waals surface area contributed by atoms with Crippen LogP contribution in [0.15, 0.2) is 54.9 Å². The van der Waals surface area contributed by atoms with Crippen LogP contribution in [0, 0.1) is 0 Å². The first-order valence-corrected chi connectivity index (χ1v) is 8.36. The van der Waals surface area contributed by atoms with Gasteiger partial charge in [-0.1, -0.05) is 12.1 Å². The number of anilines is 1. The molecule has 0 bridgehead atoms. The summed E-state index contributed by atoms with van der Waals surface area (Å²) in [5, 5.41) is 2.92. The molecule has 1 amide bonds. The molecule has 6 nitrogen and oxygen atoms in total. The summed E-state index contributed by atoms with van der Waals surface area (Å²) in [6, 6.07) is 15.6. The Kier molecular flexibility index (Phi) is 6.84. The van der Waals surface area contributed by atoms with E-state index in [4.69, 9.17) is 10.5 Å². The van der Waals surface area contributed by atoms with E-state index < -0.39 is 5.54 Å². The fourth-order valence-corrected chi connectivity index (χ4v) is 3.09. The number of aromatic nitrogens is 2. The molecule has 0 unspecified atom stereocenters. The smallest absolute Gasteiger partial charge is 0.244 e. The molecule has 0 saturated carbocycles. The lowest BCUT2D eigenvalue weighted by molar-refractivity contribution is -0.124. The number of nitrogens with one attached hydrogen (secondary N) is 1. The van der Waals surface area contributed by atoms with Gasteiger partial charge in [-0.05, 0) is 49.2 Å². The SMILES string of the molecule is Cl.Cl.NC1(C(=O)Nc2ccc(-n3cnc4ccccc43)cc2)CCOCC1. The maximum Gasteiger partial charge on any atom is 0.244 e. The van der Waals surface area contributed by atoms with Crippen LogP contribution in [0.2, 0.25) is 0 Å². The van der Waals surface area contributed by atoms with Gasteiger partial charge in [0.2, 0.25) is 5.91 Å². The van der Waals surface area contributed by atoms with E-state index in [1.807, 2.05) is 53.1 Å². The van der Waals surface area contributed by atoms with Crippen molar-refractivity contribution in [2.24, 2.45) is 5.73 Å². The molecule has 1 saturated heterocycles. The highest BCUT2D eigenvalue weighted by atomic mass is 35.5. The van der Waals surface area contributed by atoms with Crippen molar-refractivity contribution >= 4 is 47.4 Å². The second kappa shape index (κ2) is 8.71. The van der Waals surface area contributed by atoms with Crippen molar-refractivity contribution in [1.82, 2.24) is 9.55 Å². The molecule has 8 heteroatoms. The maximum atomic E-state index is 12.5. The first kappa shape index (κ1) is 21.2. The Labute approximate surface area is 169 Å². The normalized spacial score (nSPS) is 15.4. The van der Waals surface area contributed by atoms with Crippen molar-refractivity contribution in [3.05, 3.63) is 54.9 Å². The van der Waals surface area contributed by atoms with Crippen molar-refractivity contribution in [3.63, 3.8) is 0 Å². The molecule has 1 fully saturated rings. The van der Waals surface area contributed by atoms with Crippen molar-refractivity contribution in [3.8, 4) is 5.69 Å². The Morgan fingerprint density at radius 3 is 2.44 bits per heavy atom. The molecule has 3 aromatic rings. The Hall–Kier alpha value is -2.12. The molecule has 1 aliphatic heterocycles. The Bertz CT molecular complexity index is 905. The van der Waals surface area contributed by atoms with E-state index >= 15 is 0 Å². The van der Waals surface area contributed by atoms with Crippen LogP contribution in [0.1, 0.15) is 12.8 Å². The molecule has 3 N–H and O–H groups in total. The molecule has 1 aromatic heterocycles. The third-order valence-corrected chi connectivity index (χ3v) is 4.69. The van der Waals surface area contributed by atoms with E-state index in [0.717, 1.165) is 22.4 Å². The van der Waals surface area contributed by atoms with E-state index in [2.05, 4.69) is 10.3 Å². The fourth-order valence-electron chi connectivity index (χ4n) is 3.09. The number of fused-ring (bicyclic) bond motifs is 1. The molecule has 0 atom stereocenters. The van der Waals surface area contributed by atoms with Gasteiger partial charge in [-0.15, -0.1) is 24.8 Å². The minimum Gasteiger partial charge on any atom is -0.381 e. The summed E-state index contributed by atoms with van der Waals surface area (Å²) in [6.45, 7) is 1.05. The number of halogens is 2. The average Bonchev–Trinajstić information content (AvgIpc) is 3.07. The molecule has 27 heavy (non-hydrogen) atoms. The fraction of sp³-hybridized carbons (Fsp3) is 0.263. The monoisotopic (exact) mass is 408 g/mol. The lowest BCUT2D eigenvalue weighted by atomic mass is 9.90. The van der Waals surface area contributed by atoms with Gasteiger partial charge in [-0.25, -0.2) is 4.98 Å². The van der Waals surface area contributed by atoms with E-state index in [-0.39, 0.29) is 30.7 Å². The first-order valence-electron chi connectivity index (χ1n) is 8.36. The molecule has 1 aliphatic rings. The summed E-state index contributed by atoms with van der Waals surface area (Å²) in [5.41, 5.74) is 9.08. The highest BCUT2D eigenvalue weighted by Crippen LogP contribution is 2.22. The lowest BCUT2D eigenvalue weighted by Crippen LogP contribution is -2.54. The Morgan fingerprint density at radius 2 is 1.74 bits per heavy atom. The van der Waals surface area contributed by atoms with Crippen LogP contribution in [0.25, 0.3) is 16.7 Å². The summed E-state index contributed by atoms with van der Waals surface area (Å²) in [5.74, 6) is -0.156. The second-order valence-corrected chi connectivity index (χ2v) is 6.37. The number of nitrogens with zero attached hydrogens (tertiary/aromatic N) is 2. The molecule has 2 heterocycles. The van der Waals surface area contributed by atoms with E-state index in [0.29, 0.717) is 26.1 Å². The molecule has 4 rings (SSSR count). The predicted molar refractivity (Wildman–Crippen MR) is 111 cm³/mol. The lowest BCUT2D eigenvalue weighted by Gasteiger charge is -2.31. The van der Waals surface area contributed by atoms with Crippen molar-refractivity contribution in [1.29, 1.82) is 0 Å². The minimum atomic E-state index is -0.850. The first-order chi connectivity index (χ1) is 12.2. The summed E-state index contributed by atoms with van der Waals surface area (Å²) >= 11 is 0. The number of rotatable bonds is 3. The van der Waals surface area contributed by atoms with Crippen LogP contribution in [-0.4, -0.2) is 34.2 Å². The molecular weight excluding hydrogens is 387 g/mol. The van der Waals surface area contributed by atoms with Gasteiger partial charge in [-0.2, -0.15) is 0 Å². The molecule has 0 radical (unpaired) electrons. The van der Waals surface area contributed by atoms with Crippen LogP contribution >= 0.6 is 24.8 Å². The number of nitrogens with two attached hydrogens (primary N) is 1. The number of carbonyl (C=O) groups is 1. The standard InChI is InChI=1S/C19H20N4O2.2ClH/c20-19(9-11-25-12-10-19)18(24)22-14-5-7-15(8-6-14)23-13-21-16-3-1-2-4-17(16)23;;/h1-8,13H,9-12,20H2,(H,22,24);2*1H. The van der Waals surface area contributed by atoms with Crippen LogP contribution < -0.4 is 11.1 Å². The number of carbonyl (C=O) groups excluding carboxylic acids is 1. The van der Waals surface area contributed by atoms with Crippen molar-refractivity contribution in [2.75, 3.05) is 18.5 Å². The summed E-state index contributed by atoms with van der Waals surface area (Å²) in [7, 11) is 0.